The van der Waals surface area contributed by atoms with Crippen molar-refractivity contribution in [3.63, 3.8) is 0 Å². The zero-order valence-electron chi connectivity index (χ0n) is 34.7. The average molecular weight is 855 g/mol. The van der Waals surface area contributed by atoms with Crippen molar-refractivity contribution in [2.75, 3.05) is 54.4 Å². The van der Waals surface area contributed by atoms with E-state index in [0.717, 1.165) is 31.3 Å². The second-order valence-electron chi connectivity index (χ2n) is 18.6. The summed E-state index contributed by atoms with van der Waals surface area (Å²) in [5, 5.41) is 12.1. The molecule has 2 amide bonds. The van der Waals surface area contributed by atoms with Gasteiger partial charge in [-0.1, -0.05) is 6.07 Å². The fourth-order valence-electron chi connectivity index (χ4n) is 8.43. The Hall–Kier alpha value is -5.02. The van der Waals surface area contributed by atoms with Crippen LogP contribution in [0.1, 0.15) is 79.4 Å². The zero-order valence-corrected chi connectivity index (χ0v) is 35.5. The highest BCUT2D eigenvalue weighted by Crippen LogP contribution is 2.54. The van der Waals surface area contributed by atoms with Gasteiger partial charge in [-0.2, -0.15) is 23.4 Å². The average Bonchev–Trinajstić information content (AvgIpc) is 3.81. The van der Waals surface area contributed by atoms with E-state index in [1.54, 1.807) is 58.3 Å². The minimum atomic E-state index is -5.16. The lowest BCUT2D eigenvalue weighted by Gasteiger charge is -2.52. The van der Waals surface area contributed by atoms with E-state index < -0.39 is 75.5 Å². The van der Waals surface area contributed by atoms with Crippen molar-refractivity contribution in [1.29, 1.82) is 5.26 Å². The Kier molecular flexibility index (Phi) is 9.93. The number of halogens is 5. The van der Waals surface area contributed by atoms with E-state index in [1.807, 2.05) is 17.9 Å². The summed E-state index contributed by atoms with van der Waals surface area (Å²) in [6, 6.07) is 3.87. The Balaban J connectivity index is 1.28. The standard InChI is InChI=1S/C42H47F5N8O4S/c1-21-16-55(38(57)59-40(6,7)8)22(2)15-54(21)34-25-13-27(42(45,46)47)30(31(44)32(25)49-36(50-34)52-17-23(18-52)53-19-41(20-53)11-12-41)24-9-10-28(43)33-29(24)26(14-48)35(60-33)51-37(56)58-39(3,4)5/h9-10,13,21-23H,11-12,15-20H2,1-8H3,(H,51,56)/t21-,22+/m0/s1. The minimum absolute atomic E-state index is 0.0693. The van der Waals surface area contributed by atoms with E-state index in [4.69, 9.17) is 14.5 Å². The van der Waals surface area contributed by atoms with Gasteiger partial charge in [0.15, 0.2) is 5.82 Å². The molecule has 1 aliphatic carbocycles. The van der Waals surface area contributed by atoms with Gasteiger partial charge in [0.05, 0.1) is 15.8 Å². The molecule has 60 heavy (non-hydrogen) atoms. The number of benzene rings is 2. The first-order chi connectivity index (χ1) is 28.0. The molecule has 12 nitrogen and oxygen atoms in total. The van der Waals surface area contributed by atoms with Crippen LogP contribution in [0.25, 0.3) is 32.1 Å². The Bertz CT molecular complexity index is 2460. The second kappa shape index (κ2) is 14.3. The van der Waals surface area contributed by atoms with Gasteiger partial charge >= 0.3 is 18.4 Å². The third-order valence-corrected chi connectivity index (χ3v) is 12.7. The number of ether oxygens (including phenoxy) is 2. The molecule has 1 spiro atoms. The summed E-state index contributed by atoms with van der Waals surface area (Å²) in [7, 11) is 0. The maximum absolute atomic E-state index is 17.6. The Labute approximate surface area is 348 Å². The largest absolute Gasteiger partial charge is 0.444 e. The highest BCUT2D eigenvalue weighted by molar-refractivity contribution is 7.23. The number of fused-ring (bicyclic) bond motifs is 2. The molecule has 1 N–H and O–H groups in total. The summed E-state index contributed by atoms with van der Waals surface area (Å²) in [5.74, 6) is -2.02. The molecule has 4 aromatic rings. The third-order valence-electron chi connectivity index (χ3n) is 11.6. The molecular weight excluding hydrogens is 808 g/mol. The molecule has 4 aliphatic rings. The quantitative estimate of drug-likeness (QED) is 0.194. The van der Waals surface area contributed by atoms with Gasteiger partial charge < -0.3 is 24.2 Å². The van der Waals surface area contributed by atoms with E-state index in [-0.39, 0.29) is 56.9 Å². The number of hydrogen-bond acceptors (Lipinski definition) is 11. The maximum Gasteiger partial charge on any atom is 0.417 e. The number of hydrogen-bond donors (Lipinski definition) is 1. The lowest BCUT2D eigenvalue weighted by atomic mass is 9.92. The number of anilines is 3. The number of nitrogens with one attached hydrogen (secondary N) is 1. The number of rotatable bonds is 5. The van der Waals surface area contributed by atoms with E-state index in [0.29, 0.717) is 29.8 Å². The van der Waals surface area contributed by atoms with Crippen molar-refractivity contribution >= 4 is 61.3 Å². The van der Waals surface area contributed by atoms with Crippen molar-refractivity contribution in [1.82, 2.24) is 19.8 Å². The molecule has 0 radical (unpaired) electrons. The number of alkyl halides is 3. The molecule has 3 saturated heterocycles. The summed E-state index contributed by atoms with van der Waals surface area (Å²) in [5.41, 5.74) is -4.74. The van der Waals surface area contributed by atoms with Crippen LogP contribution >= 0.6 is 11.3 Å². The van der Waals surface area contributed by atoms with Crippen LogP contribution in [0.3, 0.4) is 0 Å². The Morgan fingerprint density at radius 3 is 2.22 bits per heavy atom. The van der Waals surface area contributed by atoms with Gasteiger partial charge in [0.25, 0.3) is 0 Å². The molecule has 2 aromatic carbocycles. The monoisotopic (exact) mass is 854 g/mol. The van der Waals surface area contributed by atoms with Gasteiger partial charge in [-0.15, -0.1) is 11.3 Å². The minimum Gasteiger partial charge on any atom is -0.444 e. The van der Waals surface area contributed by atoms with E-state index in [1.165, 1.54) is 12.8 Å². The molecule has 2 atom stereocenters. The highest BCUT2D eigenvalue weighted by atomic mass is 32.1. The molecule has 3 aliphatic heterocycles. The lowest BCUT2D eigenvalue weighted by molar-refractivity contribution is -0.137. The molecule has 0 unspecified atom stereocenters. The maximum atomic E-state index is 17.6. The van der Waals surface area contributed by atoms with E-state index >= 15 is 22.0 Å². The smallest absolute Gasteiger partial charge is 0.417 e. The number of piperazine rings is 1. The topological polar surface area (TPSA) is 127 Å². The van der Waals surface area contributed by atoms with Crippen LogP contribution in [0, 0.1) is 28.4 Å². The second-order valence-corrected chi connectivity index (χ2v) is 19.7. The van der Waals surface area contributed by atoms with E-state index in [2.05, 4.69) is 15.2 Å². The molecule has 18 heteroatoms. The summed E-state index contributed by atoms with van der Waals surface area (Å²) in [4.78, 5) is 43.1. The fourth-order valence-corrected chi connectivity index (χ4v) is 9.50. The van der Waals surface area contributed by atoms with Gasteiger partial charge in [0, 0.05) is 73.7 Å². The van der Waals surface area contributed by atoms with Crippen LogP contribution in [0.5, 0.6) is 0 Å². The molecule has 2 aromatic heterocycles. The number of nitriles is 1. The van der Waals surface area contributed by atoms with Gasteiger partial charge in [0.2, 0.25) is 5.95 Å². The van der Waals surface area contributed by atoms with Crippen molar-refractivity contribution in [2.24, 2.45) is 5.41 Å². The zero-order chi connectivity index (χ0) is 43.4. The first-order valence-electron chi connectivity index (χ1n) is 20.0. The van der Waals surface area contributed by atoms with Crippen LogP contribution < -0.4 is 15.1 Å². The highest BCUT2D eigenvalue weighted by Gasteiger charge is 2.55. The first kappa shape index (κ1) is 41.7. The number of amides is 2. The predicted octanol–water partition coefficient (Wildman–Crippen LogP) is 9.15. The number of carbonyl (C=O) groups excluding carboxylic acids is 2. The Morgan fingerprint density at radius 1 is 0.950 bits per heavy atom. The van der Waals surface area contributed by atoms with Gasteiger partial charge in [-0.25, -0.2) is 23.4 Å². The van der Waals surface area contributed by atoms with Gasteiger partial charge in [-0.05, 0) is 91.3 Å². The summed E-state index contributed by atoms with van der Waals surface area (Å²) in [6.45, 7) is 17.1. The number of thiophene rings is 1. The van der Waals surface area contributed by atoms with Crippen LogP contribution in [0.15, 0.2) is 18.2 Å². The molecule has 5 heterocycles. The molecule has 4 fully saturated rings. The van der Waals surface area contributed by atoms with Gasteiger partial charge in [0.1, 0.15) is 39.4 Å². The number of aromatic nitrogens is 2. The summed E-state index contributed by atoms with van der Waals surface area (Å²) < 4.78 is 90.1. The molecule has 1 saturated carbocycles. The molecule has 320 valence electrons. The summed E-state index contributed by atoms with van der Waals surface area (Å²) in [6.07, 6.45) is -4.21. The van der Waals surface area contributed by atoms with Crippen LogP contribution in [0.4, 0.5) is 48.3 Å². The Morgan fingerprint density at radius 2 is 1.62 bits per heavy atom. The number of likely N-dealkylation sites (tertiary alicyclic amines) is 1. The predicted molar refractivity (Wildman–Crippen MR) is 218 cm³/mol. The van der Waals surface area contributed by atoms with Crippen LogP contribution in [-0.2, 0) is 15.7 Å². The SMILES string of the molecule is C[C@@H]1CN(c2nc(N3CC(N4CC5(CC5)C4)C3)nc3c(F)c(-c4ccc(F)c5sc(NC(=O)OC(C)(C)C)c(C#N)c45)c(C(F)(F)F)cc23)[C@@H](C)CN1C(=O)OC(C)(C)C. The normalized spacial score (nSPS) is 20.9. The van der Waals surface area contributed by atoms with Crippen LogP contribution in [0.2, 0.25) is 0 Å². The first-order valence-corrected chi connectivity index (χ1v) is 20.8. The summed E-state index contributed by atoms with van der Waals surface area (Å²) >= 11 is 0.624. The molecular formula is C42H47F5N8O4S. The molecule has 8 rings (SSSR count). The number of nitrogens with zero attached hydrogens (tertiary/aromatic N) is 7. The molecule has 0 bridgehead atoms. The van der Waals surface area contributed by atoms with Gasteiger partial charge in [-0.3, -0.25) is 10.2 Å². The van der Waals surface area contributed by atoms with E-state index in [9.17, 15) is 14.9 Å². The van der Waals surface area contributed by atoms with Crippen LogP contribution in [-0.4, -0.2) is 101 Å². The van der Waals surface area contributed by atoms with Crippen molar-refractivity contribution in [2.45, 2.75) is 104 Å². The lowest BCUT2D eigenvalue weighted by Crippen LogP contribution is -2.66. The fraction of sp³-hybridized carbons (Fsp3) is 0.548. The number of carbonyl (C=O) groups is 2. The van der Waals surface area contributed by atoms with Crippen molar-refractivity contribution < 1.29 is 41.0 Å². The van der Waals surface area contributed by atoms with Crippen molar-refractivity contribution in [3.8, 4) is 17.2 Å². The third kappa shape index (κ3) is 7.63. The van der Waals surface area contributed by atoms with Crippen molar-refractivity contribution in [3.05, 3.63) is 41.0 Å².